The molecule has 0 fully saturated rings. The van der Waals surface area contributed by atoms with E-state index >= 15 is 0 Å². The molecule has 0 atom stereocenters. The number of halogens is 1. The number of benzene rings is 1. The Balaban J connectivity index is 2.82. The van der Waals surface area contributed by atoms with Crippen molar-refractivity contribution in [3.8, 4) is 0 Å². The van der Waals surface area contributed by atoms with Crippen LogP contribution >= 0.6 is 11.6 Å². The Morgan fingerprint density at radius 2 is 2.11 bits per heavy atom. The molecule has 0 spiro atoms. The first-order valence-electron chi connectivity index (χ1n) is 5.74. The minimum atomic E-state index is -0.623. The van der Waals surface area contributed by atoms with Crippen molar-refractivity contribution in [2.75, 3.05) is 12.3 Å². The molecule has 1 aromatic carbocycles. The van der Waals surface area contributed by atoms with E-state index in [0.717, 1.165) is 0 Å². The van der Waals surface area contributed by atoms with Gasteiger partial charge in [0.05, 0.1) is 17.8 Å². The van der Waals surface area contributed by atoms with Gasteiger partial charge in [-0.3, -0.25) is 9.36 Å². The predicted molar refractivity (Wildman–Crippen MR) is 73.6 cm³/mol. The van der Waals surface area contributed by atoms with Crippen LogP contribution in [0.2, 0.25) is 5.02 Å². The highest BCUT2D eigenvalue weighted by Gasteiger charge is 2.24. The molecule has 6 heteroatoms. The zero-order chi connectivity index (χ0) is 14.2. The summed E-state index contributed by atoms with van der Waals surface area (Å²) < 4.78 is 6.17. The summed E-state index contributed by atoms with van der Waals surface area (Å²) in [6, 6.07) is 4.92. The molecule has 0 saturated carbocycles. The van der Waals surface area contributed by atoms with Crippen LogP contribution in [0.15, 0.2) is 18.2 Å². The van der Waals surface area contributed by atoms with Crippen molar-refractivity contribution in [3.63, 3.8) is 0 Å². The fourth-order valence-corrected chi connectivity index (χ4v) is 2.18. The molecule has 19 heavy (non-hydrogen) atoms. The van der Waals surface area contributed by atoms with E-state index in [1.807, 2.05) is 0 Å². The van der Waals surface area contributed by atoms with Gasteiger partial charge >= 0.3 is 5.97 Å². The van der Waals surface area contributed by atoms with Crippen LogP contribution in [0.1, 0.15) is 29.1 Å². The predicted octanol–water partition coefficient (Wildman–Crippen LogP) is 2.71. The number of hydrogen-bond donors (Lipinski definition) is 1. The van der Waals surface area contributed by atoms with Gasteiger partial charge in [-0.15, -0.1) is 0 Å². The standard InChI is InChI=1S/C13H13ClN2O3/c1-3-19-13(18)12-11(15)9-5-4-8(14)6-10(9)16(12)7(2)17/h4-6H,3,15H2,1-2H3. The van der Waals surface area contributed by atoms with Crippen molar-refractivity contribution in [3.05, 3.63) is 28.9 Å². The largest absolute Gasteiger partial charge is 0.461 e. The molecule has 0 aliphatic rings. The molecule has 1 heterocycles. The molecule has 0 aliphatic heterocycles. The number of nitrogen functional groups attached to an aromatic ring is 1. The maximum absolute atomic E-state index is 11.9. The highest BCUT2D eigenvalue weighted by atomic mass is 35.5. The number of ether oxygens (including phenoxy) is 1. The van der Waals surface area contributed by atoms with Gasteiger partial charge < -0.3 is 10.5 Å². The van der Waals surface area contributed by atoms with Crippen molar-refractivity contribution >= 4 is 40.1 Å². The van der Waals surface area contributed by atoms with Crippen LogP contribution in [-0.4, -0.2) is 23.1 Å². The van der Waals surface area contributed by atoms with Crippen LogP contribution < -0.4 is 5.73 Å². The van der Waals surface area contributed by atoms with Gasteiger partial charge in [-0.05, 0) is 25.1 Å². The lowest BCUT2D eigenvalue weighted by atomic mass is 10.2. The number of aromatic nitrogens is 1. The topological polar surface area (TPSA) is 74.3 Å². The fraction of sp³-hybridized carbons (Fsp3) is 0.231. The zero-order valence-electron chi connectivity index (χ0n) is 10.6. The average Bonchev–Trinajstić information content (AvgIpc) is 2.62. The molecule has 0 bridgehead atoms. The number of carbonyl (C=O) groups is 2. The van der Waals surface area contributed by atoms with Gasteiger partial charge in [0.15, 0.2) is 5.69 Å². The second kappa shape index (κ2) is 4.93. The lowest BCUT2D eigenvalue weighted by molar-refractivity contribution is 0.0511. The summed E-state index contributed by atoms with van der Waals surface area (Å²) in [5.74, 6) is -0.949. The summed E-state index contributed by atoms with van der Waals surface area (Å²) in [5.41, 5.74) is 6.71. The SMILES string of the molecule is CCOC(=O)c1c(N)c2ccc(Cl)cc2n1C(C)=O. The molecule has 2 rings (SSSR count). The van der Waals surface area contributed by atoms with Crippen molar-refractivity contribution in [1.82, 2.24) is 4.57 Å². The van der Waals surface area contributed by atoms with Crippen molar-refractivity contribution in [1.29, 1.82) is 0 Å². The third kappa shape index (κ3) is 2.17. The summed E-state index contributed by atoms with van der Waals surface area (Å²) in [6.45, 7) is 3.24. The lowest BCUT2D eigenvalue weighted by Crippen LogP contribution is -2.17. The van der Waals surface area contributed by atoms with Gasteiger partial charge in [-0.2, -0.15) is 0 Å². The number of anilines is 1. The Morgan fingerprint density at radius 1 is 1.42 bits per heavy atom. The minimum absolute atomic E-state index is 0.0478. The van der Waals surface area contributed by atoms with Crippen molar-refractivity contribution < 1.29 is 14.3 Å². The molecule has 5 nitrogen and oxygen atoms in total. The summed E-state index contributed by atoms with van der Waals surface area (Å²) in [4.78, 5) is 23.7. The molecule has 100 valence electrons. The molecule has 0 amide bonds. The number of nitrogens with two attached hydrogens (primary N) is 1. The first-order valence-corrected chi connectivity index (χ1v) is 6.12. The quantitative estimate of drug-likeness (QED) is 0.858. The van der Waals surface area contributed by atoms with E-state index < -0.39 is 5.97 Å². The smallest absolute Gasteiger partial charge is 0.357 e. The van der Waals surface area contributed by atoms with Gasteiger partial charge in [0.1, 0.15) is 0 Å². The van der Waals surface area contributed by atoms with E-state index in [-0.39, 0.29) is 23.9 Å². The average molecular weight is 281 g/mol. The molecular formula is C13H13ClN2O3. The third-order valence-electron chi connectivity index (χ3n) is 2.75. The van der Waals surface area contributed by atoms with E-state index in [9.17, 15) is 9.59 Å². The van der Waals surface area contributed by atoms with Gasteiger partial charge in [0, 0.05) is 17.3 Å². The molecule has 0 unspecified atom stereocenters. The van der Waals surface area contributed by atoms with Crippen LogP contribution in [0.3, 0.4) is 0 Å². The molecular weight excluding hydrogens is 268 g/mol. The zero-order valence-corrected chi connectivity index (χ0v) is 11.3. The Morgan fingerprint density at radius 3 is 2.68 bits per heavy atom. The number of rotatable bonds is 2. The van der Waals surface area contributed by atoms with E-state index in [1.54, 1.807) is 25.1 Å². The Labute approximate surface area is 114 Å². The summed E-state index contributed by atoms with van der Waals surface area (Å²) >= 11 is 5.92. The van der Waals surface area contributed by atoms with Crippen molar-refractivity contribution in [2.24, 2.45) is 0 Å². The van der Waals surface area contributed by atoms with Crippen LogP contribution in [0.4, 0.5) is 5.69 Å². The van der Waals surface area contributed by atoms with E-state index in [1.165, 1.54) is 11.5 Å². The number of hydrogen-bond acceptors (Lipinski definition) is 4. The number of carbonyl (C=O) groups excluding carboxylic acids is 2. The highest BCUT2D eigenvalue weighted by Crippen LogP contribution is 2.31. The first-order chi connectivity index (χ1) is 8.97. The maximum atomic E-state index is 11.9. The number of esters is 1. The summed E-state index contributed by atoms with van der Waals surface area (Å²) in [7, 11) is 0. The van der Waals surface area contributed by atoms with Crippen LogP contribution in [0.25, 0.3) is 10.9 Å². The lowest BCUT2D eigenvalue weighted by Gasteiger charge is -2.06. The molecule has 0 saturated heterocycles. The molecule has 2 N–H and O–H groups in total. The second-order valence-corrected chi connectivity index (χ2v) is 4.44. The summed E-state index contributed by atoms with van der Waals surface area (Å²) in [6.07, 6.45) is 0. The van der Waals surface area contributed by atoms with Crippen LogP contribution in [0, 0.1) is 0 Å². The molecule has 2 aromatic rings. The number of nitrogens with zero attached hydrogens (tertiary/aromatic N) is 1. The second-order valence-electron chi connectivity index (χ2n) is 4.00. The maximum Gasteiger partial charge on any atom is 0.357 e. The van der Waals surface area contributed by atoms with E-state index in [4.69, 9.17) is 22.1 Å². The van der Waals surface area contributed by atoms with E-state index in [2.05, 4.69) is 0 Å². The molecule has 0 aliphatic carbocycles. The third-order valence-corrected chi connectivity index (χ3v) is 2.99. The minimum Gasteiger partial charge on any atom is -0.461 e. The van der Waals surface area contributed by atoms with Gasteiger partial charge in [0.25, 0.3) is 0 Å². The first kappa shape index (κ1) is 13.4. The monoisotopic (exact) mass is 280 g/mol. The van der Waals surface area contributed by atoms with Gasteiger partial charge in [-0.1, -0.05) is 11.6 Å². The fourth-order valence-electron chi connectivity index (χ4n) is 2.01. The highest BCUT2D eigenvalue weighted by molar-refractivity contribution is 6.31. The number of fused-ring (bicyclic) bond motifs is 1. The summed E-state index contributed by atoms with van der Waals surface area (Å²) in [5, 5.41) is 1.06. The van der Waals surface area contributed by atoms with Crippen LogP contribution in [-0.2, 0) is 4.74 Å². The van der Waals surface area contributed by atoms with Gasteiger partial charge in [0.2, 0.25) is 5.91 Å². The normalized spacial score (nSPS) is 10.7. The van der Waals surface area contributed by atoms with Crippen molar-refractivity contribution in [2.45, 2.75) is 13.8 Å². The molecule has 0 radical (unpaired) electrons. The Hall–Kier alpha value is -2.01. The van der Waals surface area contributed by atoms with E-state index in [0.29, 0.717) is 15.9 Å². The molecule has 1 aromatic heterocycles. The Kier molecular flexibility index (Phi) is 3.48. The van der Waals surface area contributed by atoms with Gasteiger partial charge in [-0.25, -0.2) is 4.79 Å². The van der Waals surface area contributed by atoms with Crippen LogP contribution in [0.5, 0.6) is 0 Å². The Bertz CT molecular complexity index is 676.